The third kappa shape index (κ3) is 15.1. The number of nitrogens with zero attached hydrogens (tertiary/aromatic N) is 2. The highest BCUT2D eigenvalue weighted by Gasteiger charge is 2.29. The van der Waals surface area contributed by atoms with E-state index in [1.54, 1.807) is 61.5 Å². The van der Waals surface area contributed by atoms with E-state index in [2.05, 4.69) is 15.3 Å². The summed E-state index contributed by atoms with van der Waals surface area (Å²) in [5.74, 6) is 0.966. The van der Waals surface area contributed by atoms with Gasteiger partial charge in [-0.3, -0.25) is 9.13 Å². The molecule has 1 heterocycles. The van der Waals surface area contributed by atoms with Gasteiger partial charge in [0, 0.05) is 6.04 Å². The SMILES string of the molecule is CC(C)OP(=O)(COCCOc1cc(OCCOCP(=O)(OC(C)C)OC(C)C)nc(NC2CC2)n1)OC(C)C. The second-order valence-corrected chi connectivity index (χ2v) is 14.2. The first-order valence-electron chi connectivity index (χ1n) is 13.8. The number of nitrogens with one attached hydrogen (secondary N) is 1. The fourth-order valence-electron chi connectivity index (χ4n) is 3.25. The molecule has 0 aromatic carbocycles. The molecule has 0 unspecified atom stereocenters. The number of hydrogen-bond donors (Lipinski definition) is 1. The Morgan fingerprint density at radius 3 is 1.40 bits per heavy atom. The van der Waals surface area contributed by atoms with Crippen LogP contribution in [0.2, 0.25) is 0 Å². The Morgan fingerprint density at radius 1 is 0.700 bits per heavy atom. The van der Waals surface area contributed by atoms with E-state index in [0.717, 1.165) is 12.8 Å². The lowest BCUT2D eigenvalue weighted by molar-refractivity contribution is 0.0834. The molecule has 0 amide bonds. The van der Waals surface area contributed by atoms with Gasteiger partial charge in [-0.25, -0.2) is 0 Å². The molecule has 13 nitrogen and oxygen atoms in total. The summed E-state index contributed by atoms with van der Waals surface area (Å²) in [5, 5.41) is 3.23. The monoisotopic (exact) mass is 611 g/mol. The number of anilines is 1. The van der Waals surface area contributed by atoms with Crippen LogP contribution >= 0.6 is 15.2 Å². The molecule has 0 atom stereocenters. The molecule has 1 saturated carbocycles. The van der Waals surface area contributed by atoms with Crippen LogP contribution < -0.4 is 14.8 Å². The molecule has 40 heavy (non-hydrogen) atoms. The zero-order valence-electron chi connectivity index (χ0n) is 25.0. The van der Waals surface area contributed by atoms with Crippen LogP contribution in [0.25, 0.3) is 0 Å². The van der Waals surface area contributed by atoms with Gasteiger partial charge in [-0.1, -0.05) is 0 Å². The van der Waals surface area contributed by atoms with Crippen molar-refractivity contribution in [2.45, 2.75) is 98.7 Å². The molecular weight excluding hydrogens is 564 g/mol. The maximum absolute atomic E-state index is 12.9. The summed E-state index contributed by atoms with van der Waals surface area (Å²) >= 11 is 0. The van der Waals surface area contributed by atoms with Crippen molar-refractivity contribution in [3.63, 3.8) is 0 Å². The summed E-state index contributed by atoms with van der Waals surface area (Å²) in [4.78, 5) is 8.77. The summed E-state index contributed by atoms with van der Waals surface area (Å²) in [5.41, 5.74) is 0. The molecule has 0 radical (unpaired) electrons. The summed E-state index contributed by atoms with van der Waals surface area (Å²) in [6.45, 7) is 14.9. The topological polar surface area (TPSA) is 146 Å². The smallest absolute Gasteiger partial charge is 0.356 e. The van der Waals surface area contributed by atoms with Gasteiger partial charge in [0.2, 0.25) is 17.7 Å². The van der Waals surface area contributed by atoms with Crippen molar-refractivity contribution in [2.24, 2.45) is 0 Å². The van der Waals surface area contributed by atoms with Gasteiger partial charge in [0.1, 0.15) is 25.9 Å². The van der Waals surface area contributed by atoms with Gasteiger partial charge >= 0.3 is 15.2 Å². The third-order valence-electron chi connectivity index (χ3n) is 4.53. The molecule has 0 aliphatic heterocycles. The molecule has 1 fully saturated rings. The summed E-state index contributed by atoms with van der Waals surface area (Å²) in [7, 11) is -6.78. The Balaban J connectivity index is 1.86. The van der Waals surface area contributed by atoms with Crippen LogP contribution in [0, 0.1) is 0 Å². The Bertz CT molecular complexity index is 882. The van der Waals surface area contributed by atoms with Crippen LogP contribution in [-0.4, -0.2) is 79.5 Å². The zero-order valence-corrected chi connectivity index (χ0v) is 26.8. The lowest BCUT2D eigenvalue weighted by Gasteiger charge is -2.22. The van der Waals surface area contributed by atoms with Crippen LogP contribution in [0.15, 0.2) is 6.07 Å². The minimum atomic E-state index is -3.39. The Morgan fingerprint density at radius 2 is 1.07 bits per heavy atom. The summed E-state index contributed by atoms with van der Waals surface area (Å²) in [6, 6.07) is 1.88. The maximum Gasteiger partial charge on any atom is 0.356 e. The summed E-state index contributed by atoms with van der Waals surface area (Å²) in [6.07, 6.45) is 0.653. The fourth-order valence-corrected chi connectivity index (χ4v) is 6.86. The van der Waals surface area contributed by atoms with E-state index in [0.29, 0.717) is 12.0 Å². The minimum Gasteiger partial charge on any atom is -0.475 e. The van der Waals surface area contributed by atoms with Crippen LogP contribution in [-0.2, 0) is 36.7 Å². The van der Waals surface area contributed by atoms with E-state index in [-0.39, 0.29) is 75.3 Å². The van der Waals surface area contributed by atoms with Crippen molar-refractivity contribution >= 4 is 21.1 Å². The van der Waals surface area contributed by atoms with Gasteiger partial charge in [0.15, 0.2) is 0 Å². The molecule has 0 bridgehead atoms. The molecule has 0 spiro atoms. The van der Waals surface area contributed by atoms with E-state index < -0.39 is 15.2 Å². The molecule has 1 aromatic rings. The van der Waals surface area contributed by atoms with Gasteiger partial charge in [-0.05, 0) is 68.2 Å². The van der Waals surface area contributed by atoms with Crippen LogP contribution in [0.3, 0.4) is 0 Å². The number of ether oxygens (including phenoxy) is 4. The first-order chi connectivity index (χ1) is 18.8. The molecule has 1 aromatic heterocycles. The van der Waals surface area contributed by atoms with E-state index in [9.17, 15) is 9.13 Å². The molecule has 15 heteroatoms. The number of aromatic nitrogens is 2. The van der Waals surface area contributed by atoms with Gasteiger partial charge in [0.05, 0.1) is 43.7 Å². The van der Waals surface area contributed by atoms with Crippen molar-refractivity contribution in [3.8, 4) is 11.8 Å². The average molecular weight is 612 g/mol. The van der Waals surface area contributed by atoms with E-state index >= 15 is 0 Å². The lowest BCUT2D eigenvalue weighted by Crippen LogP contribution is -2.15. The zero-order chi connectivity index (χ0) is 29.8. The van der Waals surface area contributed by atoms with Crippen molar-refractivity contribution in [1.29, 1.82) is 0 Å². The normalized spacial score (nSPS) is 14.5. The molecule has 1 N–H and O–H groups in total. The predicted octanol–water partition coefficient (Wildman–Crippen LogP) is 5.84. The maximum atomic E-state index is 12.9. The highest BCUT2D eigenvalue weighted by atomic mass is 31.2. The molecule has 232 valence electrons. The molecule has 0 saturated heterocycles. The van der Waals surface area contributed by atoms with Crippen molar-refractivity contribution < 1.29 is 46.2 Å². The van der Waals surface area contributed by atoms with Crippen LogP contribution in [0.5, 0.6) is 11.8 Å². The molecule has 1 aliphatic rings. The van der Waals surface area contributed by atoms with Crippen LogP contribution in [0.1, 0.15) is 68.2 Å². The second kappa shape index (κ2) is 17.0. The van der Waals surface area contributed by atoms with Crippen molar-refractivity contribution in [3.05, 3.63) is 6.07 Å². The predicted molar refractivity (Wildman–Crippen MR) is 151 cm³/mol. The average Bonchev–Trinajstić information content (AvgIpc) is 3.60. The van der Waals surface area contributed by atoms with Crippen LogP contribution in [0.4, 0.5) is 5.95 Å². The van der Waals surface area contributed by atoms with Gasteiger partial charge < -0.3 is 42.4 Å². The highest BCUT2D eigenvalue weighted by molar-refractivity contribution is 7.53. The number of hydrogen-bond acceptors (Lipinski definition) is 13. The minimum absolute atomic E-state index is 0.142. The Labute approximate surface area is 238 Å². The van der Waals surface area contributed by atoms with Crippen molar-refractivity contribution in [2.75, 3.05) is 44.4 Å². The van der Waals surface area contributed by atoms with E-state index in [1.807, 2.05) is 0 Å². The molecule has 1 aliphatic carbocycles. The van der Waals surface area contributed by atoms with E-state index in [4.69, 9.17) is 37.0 Å². The van der Waals surface area contributed by atoms with Gasteiger partial charge in [0.25, 0.3) is 0 Å². The fraction of sp³-hybridized carbons (Fsp3) is 0.840. The highest BCUT2D eigenvalue weighted by Crippen LogP contribution is 2.51. The Hall–Kier alpha value is -1.30. The summed E-state index contributed by atoms with van der Waals surface area (Å²) < 4.78 is 70.2. The quantitative estimate of drug-likeness (QED) is 0.124. The van der Waals surface area contributed by atoms with Gasteiger partial charge in [-0.15, -0.1) is 0 Å². The van der Waals surface area contributed by atoms with Crippen molar-refractivity contribution in [1.82, 2.24) is 9.97 Å². The molecular formula is C25H47N3O10P2. The second-order valence-electron chi connectivity index (χ2n) is 10.4. The first-order valence-corrected chi connectivity index (χ1v) is 17.2. The Kier molecular flexibility index (Phi) is 14.8. The third-order valence-corrected chi connectivity index (χ3v) is 8.50. The molecule has 2 rings (SSSR count). The largest absolute Gasteiger partial charge is 0.475 e. The van der Waals surface area contributed by atoms with Gasteiger partial charge in [-0.2, -0.15) is 9.97 Å². The lowest BCUT2D eigenvalue weighted by atomic mass is 10.5. The standard InChI is InChI=1S/C25H47N3O10P2/c1-18(2)35-39(29,36-19(3)4)16-31-11-13-33-23-15-24(28-25(27-23)26-22-9-10-22)34-14-12-32-17-40(30,37-20(5)6)38-21(7)8/h15,18-22H,9-14,16-17H2,1-8H3,(H,26,27,28). The first kappa shape index (κ1) is 34.9. The van der Waals surface area contributed by atoms with E-state index in [1.165, 1.54) is 0 Å². The number of rotatable bonds is 22.